The monoisotopic (exact) mass is 404 g/mol. The lowest BCUT2D eigenvalue weighted by molar-refractivity contribution is 0.0698. The Morgan fingerprint density at radius 1 is 1.10 bits per heavy atom. The van der Waals surface area contributed by atoms with Crippen molar-refractivity contribution in [2.75, 3.05) is 6.54 Å². The van der Waals surface area contributed by atoms with E-state index in [-0.39, 0.29) is 11.3 Å². The van der Waals surface area contributed by atoms with E-state index in [0.29, 0.717) is 18.0 Å². The fourth-order valence-corrected chi connectivity index (χ4v) is 6.23. The minimum atomic E-state index is 0.151. The quantitative estimate of drug-likeness (QED) is 0.542. The molecule has 1 amide bonds. The summed E-state index contributed by atoms with van der Waals surface area (Å²) >= 11 is 0. The molecule has 0 N–H and O–H groups in total. The van der Waals surface area contributed by atoms with Crippen molar-refractivity contribution in [1.29, 1.82) is 0 Å². The van der Waals surface area contributed by atoms with E-state index in [4.69, 9.17) is 4.42 Å². The second-order valence-corrected chi connectivity index (χ2v) is 10.9. The zero-order valence-corrected chi connectivity index (χ0v) is 18.8. The highest BCUT2D eigenvalue weighted by molar-refractivity contribution is 5.98. The Kier molecular flexibility index (Phi) is 4.22. The Morgan fingerprint density at radius 2 is 1.83 bits per heavy atom. The molecule has 1 saturated heterocycles. The molecule has 0 radical (unpaired) electrons. The van der Waals surface area contributed by atoms with Gasteiger partial charge in [0.1, 0.15) is 11.5 Å². The van der Waals surface area contributed by atoms with E-state index in [2.05, 4.69) is 61.4 Å². The lowest BCUT2D eigenvalue weighted by Crippen LogP contribution is -2.38. The third kappa shape index (κ3) is 3.27. The fraction of sp³-hybridized carbons (Fsp3) is 0.500. The van der Waals surface area contributed by atoms with E-state index < -0.39 is 0 Å². The van der Waals surface area contributed by atoms with Crippen LogP contribution in [0.25, 0.3) is 11.1 Å². The Hall–Kier alpha value is -2.49. The van der Waals surface area contributed by atoms with Crippen molar-refractivity contribution in [2.24, 2.45) is 10.8 Å². The lowest BCUT2D eigenvalue weighted by atomic mass is 9.65. The van der Waals surface area contributed by atoms with E-state index in [1.54, 1.807) is 0 Å². The number of hydrogen-bond donors (Lipinski definition) is 0. The SMILES string of the molecule is Cc1ccc(Cn2c(C(=O)N3C[C@@]4(C)C[C@@H]3CC(C)(C)C4)cc3oc(C)cc32)cc1. The second-order valence-electron chi connectivity index (χ2n) is 10.9. The van der Waals surface area contributed by atoms with Crippen LogP contribution in [0.4, 0.5) is 0 Å². The Morgan fingerprint density at radius 3 is 2.57 bits per heavy atom. The summed E-state index contributed by atoms with van der Waals surface area (Å²) in [6.45, 7) is 12.6. The van der Waals surface area contributed by atoms with Gasteiger partial charge in [-0.25, -0.2) is 0 Å². The van der Waals surface area contributed by atoms with Gasteiger partial charge in [-0.3, -0.25) is 4.79 Å². The molecule has 2 bridgehead atoms. The van der Waals surface area contributed by atoms with E-state index >= 15 is 0 Å². The van der Waals surface area contributed by atoms with Gasteiger partial charge in [0.2, 0.25) is 0 Å². The van der Waals surface area contributed by atoms with Crippen LogP contribution in [0.5, 0.6) is 0 Å². The Bertz CT molecular complexity index is 1120. The van der Waals surface area contributed by atoms with E-state index in [9.17, 15) is 4.79 Å². The molecule has 30 heavy (non-hydrogen) atoms. The maximum atomic E-state index is 13.8. The first-order valence-corrected chi connectivity index (χ1v) is 11.1. The van der Waals surface area contributed by atoms with Crippen molar-refractivity contribution in [1.82, 2.24) is 9.47 Å². The van der Waals surface area contributed by atoms with Crippen molar-refractivity contribution in [2.45, 2.75) is 66.5 Å². The molecule has 2 aliphatic rings. The van der Waals surface area contributed by atoms with Crippen LogP contribution in [0.1, 0.15) is 67.4 Å². The lowest BCUT2D eigenvalue weighted by Gasteiger charge is -2.39. The highest BCUT2D eigenvalue weighted by Crippen LogP contribution is 2.52. The van der Waals surface area contributed by atoms with Crippen molar-refractivity contribution in [3.63, 3.8) is 0 Å². The number of likely N-dealkylation sites (tertiary alicyclic amines) is 1. The Balaban J connectivity index is 1.53. The van der Waals surface area contributed by atoms with Crippen LogP contribution in [0.3, 0.4) is 0 Å². The van der Waals surface area contributed by atoms with Gasteiger partial charge < -0.3 is 13.9 Å². The van der Waals surface area contributed by atoms with Gasteiger partial charge in [0.15, 0.2) is 5.58 Å². The minimum absolute atomic E-state index is 0.151. The number of furan rings is 1. The molecule has 1 aromatic carbocycles. The topological polar surface area (TPSA) is 38.4 Å². The predicted octanol–water partition coefficient (Wildman–Crippen LogP) is 5.94. The molecule has 3 heterocycles. The first kappa shape index (κ1) is 19.5. The molecule has 0 spiro atoms. The van der Waals surface area contributed by atoms with Crippen molar-refractivity contribution in [3.05, 3.63) is 59.0 Å². The summed E-state index contributed by atoms with van der Waals surface area (Å²) in [7, 11) is 0. The molecule has 0 unspecified atom stereocenters. The number of carbonyl (C=O) groups is 1. The van der Waals surface area contributed by atoms with Crippen LogP contribution in [-0.4, -0.2) is 28.0 Å². The molecule has 1 aliphatic carbocycles. The molecule has 1 aliphatic heterocycles. The highest BCUT2D eigenvalue weighted by Gasteiger charge is 2.51. The summed E-state index contributed by atoms with van der Waals surface area (Å²) in [5.41, 5.74) is 5.51. The number of aromatic nitrogens is 1. The molecule has 2 aromatic heterocycles. The van der Waals surface area contributed by atoms with Gasteiger partial charge in [-0.1, -0.05) is 50.6 Å². The molecule has 2 fully saturated rings. The first-order valence-electron chi connectivity index (χ1n) is 11.1. The zero-order valence-electron chi connectivity index (χ0n) is 18.8. The third-order valence-corrected chi connectivity index (χ3v) is 7.07. The third-order valence-electron chi connectivity index (χ3n) is 7.07. The van der Waals surface area contributed by atoms with Gasteiger partial charge in [-0.15, -0.1) is 0 Å². The number of amides is 1. The first-order chi connectivity index (χ1) is 14.1. The Labute approximate surface area is 178 Å². The average Bonchev–Trinajstić information content (AvgIpc) is 3.24. The van der Waals surface area contributed by atoms with Crippen LogP contribution >= 0.6 is 0 Å². The highest BCUT2D eigenvalue weighted by atomic mass is 16.3. The summed E-state index contributed by atoms with van der Waals surface area (Å²) in [5.74, 6) is 1.03. The number of benzene rings is 1. The van der Waals surface area contributed by atoms with Crippen molar-refractivity contribution in [3.8, 4) is 0 Å². The van der Waals surface area contributed by atoms with Gasteiger partial charge in [0.25, 0.3) is 5.91 Å². The van der Waals surface area contributed by atoms with Gasteiger partial charge in [-0.05, 0) is 49.5 Å². The van der Waals surface area contributed by atoms with Crippen LogP contribution in [0.15, 0.2) is 40.8 Å². The molecule has 4 heteroatoms. The maximum Gasteiger partial charge on any atom is 0.270 e. The number of hydrogen-bond acceptors (Lipinski definition) is 2. The molecule has 1 saturated carbocycles. The molecule has 3 aromatic rings. The molecule has 4 nitrogen and oxygen atoms in total. The summed E-state index contributed by atoms with van der Waals surface area (Å²) in [4.78, 5) is 16.0. The fourth-order valence-electron chi connectivity index (χ4n) is 6.23. The molecular weight excluding hydrogens is 372 g/mol. The average molecular weight is 405 g/mol. The summed E-state index contributed by atoms with van der Waals surface area (Å²) in [6, 6.07) is 12.9. The largest absolute Gasteiger partial charge is 0.460 e. The standard InChI is InChI=1S/C26H32N2O2/c1-17-6-8-19(9-7-17)14-27-21-10-18(2)30-23(21)11-22(27)24(29)28-16-26(5)13-20(28)12-25(3,4)15-26/h6-11,20H,12-16H2,1-5H3/t20-,26-/m0/s1. The van der Waals surface area contributed by atoms with E-state index in [1.165, 1.54) is 17.5 Å². The maximum absolute atomic E-state index is 13.8. The molecule has 158 valence electrons. The van der Waals surface area contributed by atoms with Crippen LogP contribution in [0.2, 0.25) is 0 Å². The number of rotatable bonds is 3. The minimum Gasteiger partial charge on any atom is -0.460 e. The number of aryl methyl sites for hydroxylation is 2. The van der Waals surface area contributed by atoms with Gasteiger partial charge in [0, 0.05) is 31.3 Å². The number of carbonyl (C=O) groups excluding carboxylic acids is 1. The second kappa shape index (κ2) is 6.50. The number of fused-ring (bicyclic) bond motifs is 3. The summed E-state index contributed by atoms with van der Waals surface area (Å²) < 4.78 is 8.05. The smallest absolute Gasteiger partial charge is 0.270 e. The normalized spacial score (nSPS) is 25.2. The summed E-state index contributed by atoms with van der Waals surface area (Å²) in [5, 5.41) is 0. The summed E-state index contributed by atoms with van der Waals surface area (Å²) in [6.07, 6.45) is 3.39. The predicted molar refractivity (Wildman–Crippen MR) is 120 cm³/mol. The molecule has 5 rings (SSSR count). The molecule has 2 atom stereocenters. The van der Waals surface area contributed by atoms with Crippen molar-refractivity contribution < 1.29 is 9.21 Å². The van der Waals surface area contributed by atoms with E-state index in [0.717, 1.165) is 41.9 Å². The van der Waals surface area contributed by atoms with Crippen LogP contribution in [-0.2, 0) is 6.54 Å². The zero-order chi connectivity index (χ0) is 21.3. The number of nitrogens with zero attached hydrogens (tertiary/aromatic N) is 2. The van der Waals surface area contributed by atoms with E-state index in [1.807, 2.05) is 19.1 Å². The van der Waals surface area contributed by atoms with Crippen molar-refractivity contribution >= 4 is 17.0 Å². The van der Waals surface area contributed by atoms with Gasteiger partial charge >= 0.3 is 0 Å². The van der Waals surface area contributed by atoms with Gasteiger partial charge in [-0.2, -0.15) is 0 Å². The van der Waals surface area contributed by atoms with Gasteiger partial charge in [0.05, 0.1) is 5.52 Å². The van der Waals surface area contributed by atoms with Crippen LogP contribution < -0.4 is 0 Å². The molecular formula is C26H32N2O2. The van der Waals surface area contributed by atoms with Crippen LogP contribution in [0, 0.1) is 24.7 Å².